The number of anilines is 1. The average Bonchev–Trinajstić information content (AvgIpc) is 2.74. The van der Waals surface area contributed by atoms with E-state index < -0.39 is 23.9 Å². The number of amides is 2. The van der Waals surface area contributed by atoms with Crippen LogP contribution in [0.1, 0.15) is 22.8 Å². The molecule has 0 aromatic heterocycles. The monoisotopic (exact) mass is 414 g/mol. The number of nitrogens with one attached hydrogen (secondary N) is 1. The molecule has 0 radical (unpaired) electrons. The first kappa shape index (κ1) is 21.4. The van der Waals surface area contributed by atoms with Gasteiger partial charge in [0, 0.05) is 12.2 Å². The molecule has 0 aliphatic carbocycles. The Kier molecular flexibility index (Phi) is 6.74. The number of alkyl halides is 3. The first-order valence-corrected chi connectivity index (χ1v) is 9.33. The lowest BCUT2D eigenvalue weighted by molar-refractivity contribution is -0.139. The van der Waals surface area contributed by atoms with Crippen LogP contribution in [0.4, 0.5) is 23.7 Å². The number of halogens is 3. The Hall–Kier alpha value is -3.32. The van der Waals surface area contributed by atoms with Gasteiger partial charge in [0.15, 0.2) is 0 Å². The molecule has 0 heterocycles. The highest BCUT2D eigenvalue weighted by Crippen LogP contribution is 2.34. The van der Waals surface area contributed by atoms with E-state index in [-0.39, 0.29) is 18.7 Å². The van der Waals surface area contributed by atoms with Crippen molar-refractivity contribution in [1.29, 1.82) is 0 Å². The minimum absolute atomic E-state index is 0.130. The zero-order chi connectivity index (χ0) is 21.6. The molecule has 0 bridgehead atoms. The summed E-state index contributed by atoms with van der Waals surface area (Å²) >= 11 is 0. The number of hydrogen-bond acceptors (Lipinski definition) is 2. The number of urea groups is 1. The Morgan fingerprint density at radius 3 is 2.10 bits per heavy atom. The zero-order valence-electron chi connectivity index (χ0n) is 16.0. The van der Waals surface area contributed by atoms with E-state index in [0.717, 1.165) is 11.6 Å². The molecule has 3 aromatic rings. The van der Waals surface area contributed by atoms with Crippen LogP contribution in [-0.4, -0.2) is 22.6 Å². The van der Waals surface area contributed by atoms with Crippen molar-refractivity contribution in [3.05, 3.63) is 102 Å². The fourth-order valence-electron chi connectivity index (χ4n) is 3.10. The molecular weight excluding hydrogens is 393 g/mol. The summed E-state index contributed by atoms with van der Waals surface area (Å²) in [4.78, 5) is 14.1. The summed E-state index contributed by atoms with van der Waals surface area (Å²) in [5.41, 5.74) is 0.152. The van der Waals surface area contributed by atoms with Crippen LogP contribution < -0.4 is 5.32 Å². The predicted octanol–water partition coefficient (Wildman–Crippen LogP) is 5.47. The normalized spacial score (nSPS) is 12.3. The number of carbonyl (C=O) groups excluding carboxylic acids is 1. The van der Waals surface area contributed by atoms with E-state index >= 15 is 0 Å². The van der Waals surface area contributed by atoms with Crippen molar-refractivity contribution >= 4 is 11.7 Å². The van der Waals surface area contributed by atoms with Gasteiger partial charge in [0.2, 0.25) is 0 Å². The van der Waals surface area contributed by atoms with Crippen molar-refractivity contribution in [2.24, 2.45) is 0 Å². The minimum atomic E-state index is -4.60. The van der Waals surface area contributed by atoms with E-state index in [2.05, 4.69) is 5.32 Å². The molecule has 156 valence electrons. The topological polar surface area (TPSA) is 52.6 Å². The minimum Gasteiger partial charge on any atom is -0.387 e. The standard InChI is InChI=1S/C23H21F3N2O2/c24-23(25,26)20-14-8-7-13-19(20)21(29)16-28(15-17-9-3-1-4-10-17)22(30)27-18-11-5-2-6-12-18/h1-14,21,29H,15-16H2,(H,27,30). The summed E-state index contributed by atoms with van der Waals surface area (Å²) in [5, 5.41) is 13.3. The van der Waals surface area contributed by atoms with Crippen molar-refractivity contribution in [1.82, 2.24) is 4.90 Å². The van der Waals surface area contributed by atoms with E-state index in [9.17, 15) is 23.1 Å². The second-order valence-electron chi connectivity index (χ2n) is 6.76. The molecule has 0 spiro atoms. The van der Waals surface area contributed by atoms with E-state index in [0.29, 0.717) is 5.69 Å². The average molecular weight is 414 g/mol. The molecule has 3 aromatic carbocycles. The molecule has 30 heavy (non-hydrogen) atoms. The van der Waals surface area contributed by atoms with Crippen LogP contribution in [0.5, 0.6) is 0 Å². The third kappa shape index (κ3) is 5.61. The molecule has 3 rings (SSSR count). The smallest absolute Gasteiger partial charge is 0.387 e. The van der Waals surface area contributed by atoms with Crippen LogP contribution in [0.3, 0.4) is 0 Å². The van der Waals surface area contributed by atoms with Gasteiger partial charge in [0.05, 0.1) is 18.2 Å². The lowest BCUT2D eigenvalue weighted by Gasteiger charge is -2.27. The number of nitrogens with zero attached hydrogens (tertiary/aromatic N) is 1. The van der Waals surface area contributed by atoms with Crippen molar-refractivity contribution in [2.45, 2.75) is 18.8 Å². The van der Waals surface area contributed by atoms with Crippen LogP contribution >= 0.6 is 0 Å². The number of carbonyl (C=O) groups is 1. The Balaban J connectivity index is 1.84. The van der Waals surface area contributed by atoms with E-state index in [1.807, 2.05) is 6.07 Å². The predicted molar refractivity (Wildman–Crippen MR) is 109 cm³/mol. The molecule has 2 N–H and O–H groups in total. The first-order valence-electron chi connectivity index (χ1n) is 9.33. The van der Waals surface area contributed by atoms with Crippen molar-refractivity contribution in [2.75, 3.05) is 11.9 Å². The van der Waals surface area contributed by atoms with E-state index in [1.54, 1.807) is 54.6 Å². The highest BCUT2D eigenvalue weighted by Gasteiger charge is 2.35. The fraction of sp³-hybridized carbons (Fsp3) is 0.174. The first-order chi connectivity index (χ1) is 14.3. The third-order valence-corrected chi connectivity index (χ3v) is 4.55. The molecule has 0 saturated heterocycles. The number of aliphatic hydroxyl groups is 1. The summed E-state index contributed by atoms with van der Waals surface area (Å²) < 4.78 is 40.0. The second kappa shape index (κ2) is 9.45. The third-order valence-electron chi connectivity index (χ3n) is 4.55. The summed E-state index contributed by atoms with van der Waals surface area (Å²) in [6.07, 6.45) is -6.11. The number of rotatable bonds is 6. The highest BCUT2D eigenvalue weighted by atomic mass is 19.4. The van der Waals surface area contributed by atoms with Gasteiger partial charge in [-0.2, -0.15) is 13.2 Å². The van der Waals surface area contributed by atoms with Gasteiger partial charge in [-0.3, -0.25) is 0 Å². The van der Waals surface area contributed by atoms with Gasteiger partial charge in [0.25, 0.3) is 0 Å². The van der Waals surface area contributed by atoms with Gasteiger partial charge < -0.3 is 15.3 Å². The summed E-state index contributed by atoms with van der Waals surface area (Å²) in [7, 11) is 0. The summed E-state index contributed by atoms with van der Waals surface area (Å²) in [5.74, 6) is 0. The zero-order valence-corrected chi connectivity index (χ0v) is 16.0. The van der Waals surface area contributed by atoms with Gasteiger partial charge in [-0.25, -0.2) is 4.79 Å². The molecule has 2 amide bonds. The molecule has 0 saturated carbocycles. The van der Waals surface area contributed by atoms with Crippen LogP contribution in [-0.2, 0) is 12.7 Å². The molecule has 0 aliphatic rings. The highest BCUT2D eigenvalue weighted by molar-refractivity contribution is 5.89. The molecule has 0 aliphatic heterocycles. The van der Waals surface area contributed by atoms with Gasteiger partial charge >= 0.3 is 12.2 Å². The second-order valence-corrected chi connectivity index (χ2v) is 6.76. The summed E-state index contributed by atoms with van der Waals surface area (Å²) in [6, 6.07) is 22.1. The Morgan fingerprint density at radius 2 is 1.47 bits per heavy atom. The van der Waals surface area contributed by atoms with Crippen LogP contribution in [0.15, 0.2) is 84.9 Å². The Bertz CT molecular complexity index is 963. The van der Waals surface area contributed by atoms with Crippen molar-refractivity contribution < 1.29 is 23.1 Å². The molecule has 1 unspecified atom stereocenters. The van der Waals surface area contributed by atoms with Crippen LogP contribution in [0.2, 0.25) is 0 Å². The quantitative estimate of drug-likeness (QED) is 0.562. The Morgan fingerprint density at radius 1 is 0.900 bits per heavy atom. The largest absolute Gasteiger partial charge is 0.416 e. The molecule has 0 fully saturated rings. The molecule has 1 atom stereocenters. The lowest BCUT2D eigenvalue weighted by atomic mass is 10.0. The molecule has 4 nitrogen and oxygen atoms in total. The maximum atomic E-state index is 13.3. The summed E-state index contributed by atoms with van der Waals surface area (Å²) in [6.45, 7) is -0.175. The number of hydrogen-bond donors (Lipinski definition) is 2. The lowest BCUT2D eigenvalue weighted by Crippen LogP contribution is -2.37. The maximum absolute atomic E-state index is 13.3. The maximum Gasteiger partial charge on any atom is 0.416 e. The Labute approximate surface area is 172 Å². The number of para-hydroxylation sites is 1. The molecule has 7 heteroatoms. The van der Waals surface area contributed by atoms with Gasteiger partial charge in [0.1, 0.15) is 0 Å². The SMILES string of the molecule is O=C(Nc1ccccc1)N(Cc1ccccc1)CC(O)c1ccccc1C(F)(F)F. The van der Waals surface area contributed by atoms with Gasteiger partial charge in [-0.1, -0.05) is 66.7 Å². The van der Waals surface area contributed by atoms with Crippen LogP contribution in [0, 0.1) is 0 Å². The van der Waals surface area contributed by atoms with Crippen molar-refractivity contribution in [3.8, 4) is 0 Å². The fourth-order valence-corrected chi connectivity index (χ4v) is 3.10. The van der Waals surface area contributed by atoms with Gasteiger partial charge in [-0.05, 0) is 29.3 Å². The molecular formula is C23H21F3N2O2. The van der Waals surface area contributed by atoms with Crippen LogP contribution in [0.25, 0.3) is 0 Å². The van der Waals surface area contributed by atoms with Gasteiger partial charge in [-0.15, -0.1) is 0 Å². The van der Waals surface area contributed by atoms with E-state index in [4.69, 9.17) is 0 Å². The van der Waals surface area contributed by atoms with Crippen molar-refractivity contribution in [3.63, 3.8) is 0 Å². The van der Waals surface area contributed by atoms with E-state index in [1.165, 1.54) is 23.1 Å². The number of benzene rings is 3. The number of aliphatic hydroxyl groups excluding tert-OH is 1.